The quantitative estimate of drug-likeness (QED) is 0.753. The number of aryl methyl sites for hydroxylation is 1. The van der Waals surface area contributed by atoms with E-state index in [0.717, 1.165) is 5.56 Å². The van der Waals surface area contributed by atoms with E-state index in [0.29, 0.717) is 4.31 Å². The number of rotatable bonds is 6. The van der Waals surface area contributed by atoms with E-state index in [1.807, 2.05) is 6.92 Å². The highest BCUT2D eigenvalue weighted by molar-refractivity contribution is 7.89. The van der Waals surface area contributed by atoms with Gasteiger partial charge in [-0.05, 0) is 25.5 Å². The summed E-state index contributed by atoms with van der Waals surface area (Å²) in [5.74, 6) is 0.163. The fourth-order valence-electron chi connectivity index (χ4n) is 1.29. The van der Waals surface area contributed by atoms with Crippen molar-refractivity contribution in [1.82, 2.24) is 4.31 Å². The molecule has 0 N–H and O–H groups in total. The molecule has 0 spiro atoms. The monoisotopic (exact) mass is 283 g/mol. The SMILES string of the molecule is [3H]C([3H])C([3H])([3H])N(CCCCl)S(=O)(=O)c1ccc(C)cc1. The zero-order valence-electron chi connectivity index (χ0n) is 13.6. The van der Waals surface area contributed by atoms with Crippen LogP contribution in [0.3, 0.4) is 0 Å². The Hall–Kier alpha value is -0.580. The van der Waals surface area contributed by atoms with Crippen molar-refractivity contribution in [3.8, 4) is 0 Å². The maximum absolute atomic E-state index is 12.6. The minimum Gasteiger partial charge on any atom is -0.207 e. The van der Waals surface area contributed by atoms with Crippen molar-refractivity contribution < 1.29 is 13.9 Å². The molecule has 1 rings (SSSR count). The molecule has 0 heterocycles. The Labute approximate surface area is 114 Å². The largest absolute Gasteiger partial charge is 0.243 e. The van der Waals surface area contributed by atoms with Gasteiger partial charge in [-0.15, -0.1) is 11.6 Å². The number of halogens is 1. The third-order valence-electron chi connectivity index (χ3n) is 2.25. The third-order valence-corrected chi connectivity index (χ3v) is 4.25. The van der Waals surface area contributed by atoms with Gasteiger partial charge < -0.3 is 0 Å². The highest BCUT2D eigenvalue weighted by Crippen LogP contribution is 2.16. The molecule has 17 heavy (non-hydrogen) atoms. The van der Waals surface area contributed by atoms with Crippen LogP contribution in [0.1, 0.15) is 24.3 Å². The normalized spacial score (nSPS) is 16.5. The van der Waals surface area contributed by atoms with Crippen LogP contribution in [-0.2, 0) is 10.0 Å². The van der Waals surface area contributed by atoms with Crippen molar-refractivity contribution in [2.24, 2.45) is 0 Å². The van der Waals surface area contributed by atoms with E-state index in [-0.39, 0.29) is 23.7 Å². The molecular weight excluding hydrogens is 258 g/mol. The smallest absolute Gasteiger partial charge is 0.207 e. The summed E-state index contributed by atoms with van der Waals surface area (Å²) in [5, 5.41) is 0. The molecule has 3 nitrogen and oxygen atoms in total. The number of hydrogen-bond donors (Lipinski definition) is 0. The second-order valence-electron chi connectivity index (χ2n) is 3.56. The Kier molecular flexibility index (Phi) is 3.51. The van der Waals surface area contributed by atoms with Crippen LogP contribution in [0.5, 0.6) is 0 Å². The zero-order chi connectivity index (χ0) is 16.3. The fraction of sp³-hybridized carbons (Fsp3) is 0.500. The third kappa shape index (κ3) is 3.69. The van der Waals surface area contributed by atoms with Crippen molar-refractivity contribution >= 4 is 21.6 Å². The summed E-state index contributed by atoms with van der Waals surface area (Å²) in [7, 11) is -4.13. The maximum atomic E-state index is 12.6. The molecule has 0 atom stereocenters. The van der Waals surface area contributed by atoms with Crippen molar-refractivity contribution in [3.05, 3.63) is 29.8 Å². The highest BCUT2D eigenvalue weighted by atomic mass is 35.5. The maximum Gasteiger partial charge on any atom is 0.243 e. The molecule has 0 fully saturated rings. The van der Waals surface area contributed by atoms with Crippen LogP contribution in [0.25, 0.3) is 0 Å². The average Bonchev–Trinajstić information content (AvgIpc) is 2.39. The molecule has 0 aliphatic rings. The summed E-state index contributed by atoms with van der Waals surface area (Å²) in [6.45, 7) is -2.96. The van der Waals surface area contributed by atoms with Gasteiger partial charge in [-0.2, -0.15) is 4.31 Å². The topological polar surface area (TPSA) is 37.4 Å². The zero-order valence-corrected chi connectivity index (χ0v) is 11.1. The average molecular weight is 284 g/mol. The summed E-state index contributed by atoms with van der Waals surface area (Å²) in [6.07, 6.45) is 0.235. The van der Waals surface area contributed by atoms with Crippen LogP contribution >= 0.6 is 11.6 Å². The molecule has 0 unspecified atom stereocenters. The van der Waals surface area contributed by atoms with Gasteiger partial charge in [0.05, 0.1) is 4.90 Å². The Morgan fingerprint density at radius 3 is 2.59 bits per heavy atom. The molecule has 0 bridgehead atoms. The van der Waals surface area contributed by atoms with Crippen molar-refractivity contribution in [2.75, 3.05) is 18.9 Å². The Balaban J connectivity index is 3.26. The summed E-state index contributed by atoms with van der Waals surface area (Å²) in [6, 6.07) is 6.00. The highest BCUT2D eigenvalue weighted by Gasteiger charge is 2.21. The van der Waals surface area contributed by atoms with Crippen LogP contribution < -0.4 is 0 Å². The molecular formula is C12H18ClNO2S. The van der Waals surface area contributed by atoms with E-state index in [1.165, 1.54) is 12.1 Å². The molecule has 0 aliphatic carbocycles. The molecule has 0 saturated heterocycles. The second-order valence-corrected chi connectivity index (χ2v) is 5.80. The van der Waals surface area contributed by atoms with Crippen molar-refractivity contribution in [3.63, 3.8) is 0 Å². The molecule has 1 aromatic carbocycles. The first-order valence-corrected chi connectivity index (χ1v) is 7.11. The lowest BCUT2D eigenvalue weighted by Gasteiger charge is -2.20. The molecule has 0 radical (unpaired) electrons. The lowest BCUT2D eigenvalue weighted by molar-refractivity contribution is 0.428. The lowest BCUT2D eigenvalue weighted by Crippen LogP contribution is -2.32. The molecule has 0 aromatic heterocycles. The Morgan fingerprint density at radius 1 is 1.41 bits per heavy atom. The first kappa shape index (κ1) is 9.36. The van der Waals surface area contributed by atoms with Gasteiger partial charge in [0, 0.05) is 24.4 Å². The van der Waals surface area contributed by atoms with E-state index in [4.69, 9.17) is 17.1 Å². The van der Waals surface area contributed by atoms with E-state index >= 15 is 0 Å². The van der Waals surface area contributed by atoms with Crippen LogP contribution in [-0.4, -0.2) is 31.6 Å². The van der Waals surface area contributed by atoms with Crippen LogP contribution in [0.2, 0.25) is 0 Å². The molecule has 0 amide bonds. The molecule has 5 heteroatoms. The summed E-state index contributed by atoms with van der Waals surface area (Å²) in [4.78, 5) is -0.0628. The Bertz CT molecular complexity index is 563. The van der Waals surface area contributed by atoms with Gasteiger partial charge in [-0.25, -0.2) is 8.42 Å². The van der Waals surface area contributed by atoms with Gasteiger partial charge in [0.1, 0.15) is 0 Å². The first-order chi connectivity index (χ1) is 9.64. The summed E-state index contributed by atoms with van der Waals surface area (Å²) >= 11 is 5.55. The second kappa shape index (κ2) is 6.38. The number of benzene rings is 1. The van der Waals surface area contributed by atoms with Gasteiger partial charge >= 0.3 is 0 Å². The predicted octanol–water partition coefficient (Wildman–Crippen LogP) is 2.63. The van der Waals surface area contributed by atoms with E-state index in [2.05, 4.69) is 0 Å². The number of nitrogens with zero attached hydrogens (tertiary/aromatic N) is 1. The first-order valence-electron chi connectivity index (χ1n) is 7.29. The minimum absolute atomic E-state index is 0.0628. The number of sulfonamides is 1. The number of hydrogen-bond acceptors (Lipinski definition) is 2. The molecule has 96 valence electrons. The number of alkyl halides is 1. The molecule has 0 saturated carbocycles. The summed E-state index contributed by atoms with van der Waals surface area (Å²) in [5.41, 5.74) is 0.878. The van der Waals surface area contributed by atoms with E-state index in [9.17, 15) is 8.42 Å². The van der Waals surface area contributed by atoms with Gasteiger partial charge in [-0.3, -0.25) is 0 Å². The predicted molar refractivity (Wildman–Crippen MR) is 70.9 cm³/mol. The van der Waals surface area contributed by atoms with Gasteiger partial charge in [0.15, 0.2) is 0 Å². The van der Waals surface area contributed by atoms with Gasteiger partial charge in [0.2, 0.25) is 10.0 Å². The van der Waals surface area contributed by atoms with Crippen molar-refractivity contribution in [1.29, 1.82) is 0 Å². The van der Waals surface area contributed by atoms with Gasteiger partial charge in [-0.1, -0.05) is 24.6 Å². The standard InChI is InChI=1S/C12H18ClNO2S/c1-3-14(10-4-9-13)17(15,16)12-7-5-11(2)6-8-12/h5-8H,3-4,9-10H2,1-2H3/i1T2,3T2. The fourth-order valence-corrected chi connectivity index (χ4v) is 2.66. The van der Waals surface area contributed by atoms with Crippen LogP contribution in [0.15, 0.2) is 29.2 Å². The summed E-state index contributed by atoms with van der Waals surface area (Å²) < 4.78 is 55.8. The molecule has 1 aromatic rings. The van der Waals surface area contributed by atoms with Crippen molar-refractivity contribution in [2.45, 2.75) is 25.1 Å². The van der Waals surface area contributed by atoms with Crippen LogP contribution in [0, 0.1) is 6.92 Å². The lowest BCUT2D eigenvalue weighted by atomic mass is 10.2. The minimum atomic E-state index is -4.13. The van der Waals surface area contributed by atoms with E-state index in [1.54, 1.807) is 12.1 Å². The molecule has 0 aliphatic heterocycles. The van der Waals surface area contributed by atoms with Gasteiger partial charge in [0.25, 0.3) is 0 Å². The van der Waals surface area contributed by atoms with Crippen LogP contribution in [0.4, 0.5) is 0 Å². The Morgan fingerprint density at radius 2 is 2.06 bits per heavy atom. The van der Waals surface area contributed by atoms with E-state index < -0.39 is 23.4 Å².